The first-order valence-electron chi connectivity index (χ1n) is 15.5. The van der Waals surface area contributed by atoms with Crippen molar-refractivity contribution in [3.63, 3.8) is 0 Å². The van der Waals surface area contributed by atoms with E-state index in [4.69, 9.17) is 11.2 Å². The van der Waals surface area contributed by atoms with Crippen LogP contribution in [0.2, 0.25) is 0 Å². The maximum Gasteiger partial charge on any atom is 0.316 e. The van der Waals surface area contributed by atoms with Crippen LogP contribution in [0.15, 0.2) is 30.6 Å². The second-order valence-corrected chi connectivity index (χ2v) is 13.5. The summed E-state index contributed by atoms with van der Waals surface area (Å²) < 4.78 is 50.4. The predicted molar refractivity (Wildman–Crippen MR) is 164 cm³/mol. The third kappa shape index (κ3) is 5.33. The number of piperidine rings is 1. The molecule has 5 atom stereocenters. The van der Waals surface area contributed by atoms with E-state index in [1.807, 2.05) is 14.0 Å². The van der Waals surface area contributed by atoms with Gasteiger partial charge in [0, 0.05) is 84.2 Å². The van der Waals surface area contributed by atoms with E-state index in [1.165, 1.54) is 0 Å². The fourth-order valence-electron chi connectivity index (χ4n) is 7.70. The van der Waals surface area contributed by atoms with Gasteiger partial charge in [0.05, 0.1) is 30.1 Å². The fraction of sp³-hybridized carbons (Fsp3) is 0.500. The number of benzene rings is 1. The highest BCUT2D eigenvalue weighted by molar-refractivity contribution is 5.79. The summed E-state index contributed by atoms with van der Waals surface area (Å²) in [5.41, 5.74) is -0.443. The molecule has 7 rings (SSSR count). The van der Waals surface area contributed by atoms with Gasteiger partial charge in [-0.25, -0.2) is 13.8 Å². The highest BCUT2D eigenvalue weighted by Gasteiger charge is 2.43. The van der Waals surface area contributed by atoms with E-state index in [0.717, 1.165) is 31.9 Å². The molecule has 0 radical (unpaired) electrons. The lowest BCUT2D eigenvalue weighted by atomic mass is 9.73. The van der Waals surface area contributed by atoms with E-state index in [9.17, 15) is 13.9 Å². The largest absolute Gasteiger partial charge is 0.463 e. The molecule has 4 aliphatic rings. The van der Waals surface area contributed by atoms with Gasteiger partial charge in [0.15, 0.2) is 0 Å². The van der Waals surface area contributed by atoms with Gasteiger partial charge >= 0.3 is 6.01 Å². The summed E-state index contributed by atoms with van der Waals surface area (Å²) in [5, 5.41) is 16.4. The predicted octanol–water partition coefficient (Wildman–Crippen LogP) is 3.81. The molecule has 3 saturated heterocycles. The quantitative estimate of drug-likeness (QED) is 0.404. The lowest BCUT2D eigenvalue weighted by Gasteiger charge is -2.43. The number of pyridine rings is 1. The standard InChI is InChI=1S/C34H37F3N6O2/c1-4-24-26(36)9-27(37)25-11-34(44,12-29(31(24)25)43-16-22-5-6-23(17-43)40-22)30-10-28-20(14-38-30)15-39-32(41-28)45-19-33(2)18-42(3)8-7-21(33)13-35/h1,9-10,12,14-15,21-23,40,44H,5-8,11,13,16-19H2,2-3H3/t21-,22-,23+,33-,34?/m1/s1. The number of hydrogen-bond donors (Lipinski definition) is 2. The Morgan fingerprint density at radius 3 is 2.62 bits per heavy atom. The van der Waals surface area contributed by atoms with Crippen LogP contribution in [0.4, 0.5) is 13.2 Å². The van der Waals surface area contributed by atoms with Crippen LogP contribution in [-0.4, -0.2) is 88.5 Å². The molecule has 1 aromatic carbocycles. The number of piperazine rings is 1. The highest BCUT2D eigenvalue weighted by Crippen LogP contribution is 2.43. The maximum atomic E-state index is 15.5. The molecule has 1 aliphatic carbocycles. The van der Waals surface area contributed by atoms with Gasteiger partial charge in [0.2, 0.25) is 0 Å². The van der Waals surface area contributed by atoms with Crippen LogP contribution in [0.3, 0.4) is 0 Å². The number of rotatable bonds is 6. The van der Waals surface area contributed by atoms with Gasteiger partial charge in [-0.2, -0.15) is 4.98 Å². The summed E-state index contributed by atoms with van der Waals surface area (Å²) in [7, 11) is 2.02. The molecule has 8 nitrogen and oxygen atoms in total. The van der Waals surface area contributed by atoms with Gasteiger partial charge in [-0.1, -0.05) is 12.8 Å². The number of ether oxygens (including phenoxy) is 1. The molecule has 2 bridgehead atoms. The van der Waals surface area contributed by atoms with Gasteiger partial charge < -0.3 is 25.0 Å². The molecule has 0 saturated carbocycles. The monoisotopic (exact) mass is 618 g/mol. The Hall–Kier alpha value is -3.72. The maximum absolute atomic E-state index is 15.5. The van der Waals surface area contributed by atoms with Crippen LogP contribution in [0.5, 0.6) is 6.01 Å². The first-order chi connectivity index (χ1) is 21.6. The minimum absolute atomic E-state index is 0.0144. The van der Waals surface area contributed by atoms with Crippen LogP contribution in [-0.2, 0) is 12.0 Å². The molecule has 2 aromatic heterocycles. The van der Waals surface area contributed by atoms with E-state index in [-0.39, 0.29) is 53.9 Å². The van der Waals surface area contributed by atoms with E-state index >= 15 is 4.39 Å². The zero-order chi connectivity index (χ0) is 31.5. The fourth-order valence-corrected chi connectivity index (χ4v) is 7.70. The normalized spacial score (nSPS) is 29.8. The summed E-state index contributed by atoms with van der Waals surface area (Å²) in [6, 6.07) is 3.05. The molecule has 3 aromatic rings. The van der Waals surface area contributed by atoms with E-state index in [0.29, 0.717) is 41.8 Å². The number of nitrogens with zero attached hydrogens (tertiary/aromatic N) is 5. The van der Waals surface area contributed by atoms with Crippen molar-refractivity contribution in [3.8, 4) is 18.4 Å². The molecule has 5 heterocycles. The summed E-state index contributed by atoms with van der Waals surface area (Å²) in [6.45, 7) is 4.65. The SMILES string of the molecule is C#Cc1c(F)cc(F)c2c1C(N1C[C@H]3CC[C@@H](C1)N3)=CC(O)(c1cc3nc(OC[C@@]4(C)CN(C)CC[C@@H]4CF)ncc3cn1)C2. The molecule has 1 unspecified atom stereocenters. The molecular weight excluding hydrogens is 581 g/mol. The van der Waals surface area contributed by atoms with Crippen LogP contribution in [0.1, 0.15) is 48.6 Å². The number of hydrogen-bond acceptors (Lipinski definition) is 8. The van der Waals surface area contributed by atoms with Crippen molar-refractivity contribution in [2.45, 2.75) is 50.3 Å². The number of likely N-dealkylation sites (tertiary alicyclic amines) is 2. The van der Waals surface area contributed by atoms with Crippen molar-refractivity contribution < 1.29 is 23.0 Å². The van der Waals surface area contributed by atoms with Crippen molar-refractivity contribution in [1.82, 2.24) is 30.1 Å². The van der Waals surface area contributed by atoms with Crippen LogP contribution >= 0.6 is 0 Å². The minimum atomic E-state index is -1.73. The number of halogens is 3. The zero-order valence-corrected chi connectivity index (χ0v) is 25.5. The third-order valence-electron chi connectivity index (χ3n) is 10.2. The zero-order valence-electron chi connectivity index (χ0n) is 25.5. The van der Waals surface area contributed by atoms with Crippen molar-refractivity contribution in [2.24, 2.45) is 11.3 Å². The van der Waals surface area contributed by atoms with Crippen LogP contribution < -0.4 is 10.1 Å². The van der Waals surface area contributed by atoms with Gasteiger partial charge in [0.1, 0.15) is 17.2 Å². The second-order valence-electron chi connectivity index (χ2n) is 13.5. The molecule has 0 amide bonds. The molecule has 45 heavy (non-hydrogen) atoms. The molecule has 236 valence electrons. The second kappa shape index (κ2) is 11.3. The third-order valence-corrected chi connectivity index (χ3v) is 10.2. The van der Waals surface area contributed by atoms with Crippen molar-refractivity contribution in [2.75, 3.05) is 46.5 Å². The Balaban J connectivity index is 1.25. The number of alkyl halides is 1. The van der Waals surface area contributed by atoms with Crippen LogP contribution in [0, 0.1) is 35.3 Å². The van der Waals surface area contributed by atoms with Crippen molar-refractivity contribution in [3.05, 3.63) is 64.6 Å². The summed E-state index contributed by atoms with van der Waals surface area (Å²) in [5.74, 6) is 0.734. The Kier molecular flexibility index (Phi) is 7.50. The Morgan fingerprint density at radius 1 is 1.13 bits per heavy atom. The average molecular weight is 619 g/mol. The Morgan fingerprint density at radius 2 is 1.89 bits per heavy atom. The number of aliphatic hydroxyl groups is 1. The number of terminal acetylenes is 1. The molecule has 3 fully saturated rings. The molecule has 11 heteroatoms. The van der Waals surface area contributed by atoms with E-state index in [2.05, 4.69) is 36.0 Å². The molecule has 3 aliphatic heterocycles. The van der Waals surface area contributed by atoms with Crippen molar-refractivity contribution >= 4 is 16.6 Å². The number of nitrogens with one attached hydrogen (secondary N) is 1. The Labute approximate surface area is 260 Å². The number of aromatic nitrogens is 3. The molecule has 0 spiro atoms. The van der Waals surface area contributed by atoms with Crippen molar-refractivity contribution in [1.29, 1.82) is 0 Å². The number of fused-ring (bicyclic) bond motifs is 4. The molecule has 2 N–H and O–H groups in total. The highest BCUT2D eigenvalue weighted by atomic mass is 19.1. The Bertz CT molecular complexity index is 1720. The first kappa shape index (κ1) is 30.0. The average Bonchev–Trinajstić information content (AvgIpc) is 3.36. The van der Waals surface area contributed by atoms with E-state index < -0.39 is 29.3 Å². The lowest BCUT2D eigenvalue weighted by Crippen LogP contribution is -2.51. The van der Waals surface area contributed by atoms with Gasteiger partial charge in [-0.15, -0.1) is 6.42 Å². The summed E-state index contributed by atoms with van der Waals surface area (Å²) >= 11 is 0. The van der Waals surface area contributed by atoms with Gasteiger partial charge in [-0.3, -0.25) is 9.37 Å². The van der Waals surface area contributed by atoms with Crippen LogP contribution in [0.25, 0.3) is 16.6 Å². The van der Waals surface area contributed by atoms with E-state index in [1.54, 1.807) is 24.5 Å². The summed E-state index contributed by atoms with van der Waals surface area (Å²) in [4.78, 5) is 17.7. The first-order valence-corrected chi connectivity index (χ1v) is 15.5. The van der Waals surface area contributed by atoms with Gasteiger partial charge in [-0.05, 0) is 50.9 Å². The minimum Gasteiger partial charge on any atom is -0.463 e. The lowest BCUT2D eigenvalue weighted by molar-refractivity contribution is 0.000306. The summed E-state index contributed by atoms with van der Waals surface area (Å²) in [6.07, 6.45) is 13.1. The molecular formula is C34H37F3N6O2. The smallest absolute Gasteiger partial charge is 0.316 e. The topological polar surface area (TPSA) is 86.6 Å². The van der Waals surface area contributed by atoms with Gasteiger partial charge in [0.25, 0.3) is 0 Å².